The Hall–Kier alpha value is -0.0900. The summed E-state index contributed by atoms with van der Waals surface area (Å²) in [7, 11) is -2.99. The average Bonchev–Trinajstić information content (AvgIpc) is 2.36. The molecule has 0 radical (unpaired) electrons. The van der Waals surface area contributed by atoms with Gasteiger partial charge in [-0.2, -0.15) is 0 Å². The molecule has 3 nitrogen and oxygen atoms in total. The molecule has 0 bridgehead atoms. The molecule has 1 aliphatic carbocycles. The van der Waals surface area contributed by atoms with Crippen LogP contribution in [0.25, 0.3) is 0 Å². The molecule has 0 aromatic carbocycles. The molecule has 3 unspecified atom stereocenters. The summed E-state index contributed by atoms with van der Waals surface area (Å²) in [5.41, 5.74) is 0. The maximum Gasteiger partial charge on any atom is 0.155 e. The molecule has 0 heterocycles. The lowest BCUT2D eigenvalue weighted by atomic mass is 9.76. The van der Waals surface area contributed by atoms with Crippen LogP contribution in [-0.4, -0.2) is 31.5 Å². The first-order valence-electron chi connectivity index (χ1n) is 8.17. The summed E-state index contributed by atoms with van der Waals surface area (Å²) in [5.74, 6) is 1.64. The lowest BCUT2D eigenvalue weighted by molar-refractivity contribution is 0.196. The van der Waals surface area contributed by atoms with Crippen molar-refractivity contribution in [2.75, 3.05) is 12.3 Å². The number of sulfone groups is 1. The minimum Gasteiger partial charge on any atom is -0.314 e. The van der Waals surface area contributed by atoms with Crippen LogP contribution in [0, 0.1) is 11.8 Å². The van der Waals surface area contributed by atoms with Crippen LogP contribution >= 0.6 is 0 Å². The van der Waals surface area contributed by atoms with E-state index in [1.165, 1.54) is 25.7 Å². The minimum atomic E-state index is -2.99. The van der Waals surface area contributed by atoms with Gasteiger partial charge in [-0.3, -0.25) is 0 Å². The zero-order chi connectivity index (χ0) is 15.4. The monoisotopic (exact) mass is 303 g/mol. The van der Waals surface area contributed by atoms with Crippen molar-refractivity contribution in [1.82, 2.24) is 5.32 Å². The Morgan fingerprint density at radius 2 is 1.80 bits per heavy atom. The molecule has 20 heavy (non-hydrogen) atoms. The first-order chi connectivity index (χ1) is 9.21. The summed E-state index contributed by atoms with van der Waals surface area (Å²) >= 11 is 0. The van der Waals surface area contributed by atoms with Crippen LogP contribution in [0.3, 0.4) is 0 Å². The van der Waals surface area contributed by atoms with Gasteiger partial charge in [0.1, 0.15) is 0 Å². The van der Waals surface area contributed by atoms with E-state index in [0.717, 1.165) is 18.9 Å². The molecule has 0 saturated heterocycles. The third-order valence-electron chi connectivity index (χ3n) is 4.83. The standard InChI is InChI=1S/C16H33NO2S/c1-6-13-8-9-15(17-7-2)14(12-13)10-11-20(18,19)16(3,4)5/h13-15,17H,6-12H2,1-5H3. The van der Waals surface area contributed by atoms with Crippen LogP contribution in [-0.2, 0) is 9.84 Å². The molecule has 0 aromatic rings. The quantitative estimate of drug-likeness (QED) is 0.818. The van der Waals surface area contributed by atoms with Crippen LogP contribution in [0.15, 0.2) is 0 Å². The molecular weight excluding hydrogens is 270 g/mol. The van der Waals surface area contributed by atoms with Crippen molar-refractivity contribution in [2.24, 2.45) is 11.8 Å². The van der Waals surface area contributed by atoms with Gasteiger partial charge in [0.05, 0.1) is 10.5 Å². The second-order valence-corrected chi connectivity index (χ2v) is 10.1. The van der Waals surface area contributed by atoms with Crippen molar-refractivity contribution < 1.29 is 8.42 Å². The second-order valence-electron chi connectivity index (χ2n) is 7.23. The normalized spacial score (nSPS) is 28.6. The summed E-state index contributed by atoms with van der Waals surface area (Å²) in [5, 5.41) is 3.56. The average molecular weight is 304 g/mol. The summed E-state index contributed by atoms with van der Waals surface area (Å²) in [6, 6.07) is 0.512. The maximum atomic E-state index is 12.3. The molecule has 1 rings (SSSR count). The number of hydrogen-bond acceptors (Lipinski definition) is 3. The number of rotatable bonds is 6. The smallest absolute Gasteiger partial charge is 0.155 e. The fraction of sp³-hybridized carbons (Fsp3) is 1.00. The van der Waals surface area contributed by atoms with Crippen molar-refractivity contribution in [2.45, 2.75) is 77.5 Å². The maximum absolute atomic E-state index is 12.3. The lowest BCUT2D eigenvalue weighted by Gasteiger charge is -2.37. The van der Waals surface area contributed by atoms with E-state index >= 15 is 0 Å². The van der Waals surface area contributed by atoms with Crippen LogP contribution in [0.2, 0.25) is 0 Å². The van der Waals surface area contributed by atoms with E-state index in [0.29, 0.717) is 17.7 Å². The van der Waals surface area contributed by atoms with Crippen molar-refractivity contribution in [3.8, 4) is 0 Å². The highest BCUT2D eigenvalue weighted by Crippen LogP contribution is 2.34. The van der Waals surface area contributed by atoms with Gasteiger partial charge >= 0.3 is 0 Å². The van der Waals surface area contributed by atoms with Crippen LogP contribution < -0.4 is 5.32 Å². The van der Waals surface area contributed by atoms with Crippen molar-refractivity contribution in [3.63, 3.8) is 0 Å². The summed E-state index contributed by atoms with van der Waals surface area (Å²) in [4.78, 5) is 0. The zero-order valence-corrected chi connectivity index (χ0v) is 14.7. The number of nitrogens with one attached hydrogen (secondary N) is 1. The van der Waals surface area contributed by atoms with E-state index in [2.05, 4.69) is 19.2 Å². The predicted molar refractivity (Wildman–Crippen MR) is 86.7 cm³/mol. The molecule has 4 heteroatoms. The SMILES string of the molecule is CCNC1CCC(CC)CC1CCS(=O)(=O)C(C)(C)C. The Labute approximate surface area is 125 Å². The molecule has 0 spiro atoms. The molecule has 1 saturated carbocycles. The minimum absolute atomic E-state index is 0.333. The van der Waals surface area contributed by atoms with Crippen molar-refractivity contribution >= 4 is 9.84 Å². The Morgan fingerprint density at radius 1 is 1.15 bits per heavy atom. The third-order valence-corrected chi connectivity index (χ3v) is 7.46. The first kappa shape index (κ1) is 18.0. The molecular formula is C16H33NO2S. The largest absolute Gasteiger partial charge is 0.314 e. The topological polar surface area (TPSA) is 46.2 Å². The first-order valence-corrected chi connectivity index (χ1v) is 9.82. The Bertz CT molecular complexity index is 384. The van der Waals surface area contributed by atoms with E-state index in [4.69, 9.17) is 0 Å². The summed E-state index contributed by atoms with van der Waals surface area (Å²) < 4.78 is 24.0. The molecule has 0 aliphatic heterocycles. The van der Waals surface area contributed by atoms with Crippen LogP contribution in [0.1, 0.15) is 66.7 Å². The molecule has 1 fully saturated rings. The summed E-state index contributed by atoms with van der Waals surface area (Å²) in [6.45, 7) is 10.8. The Kier molecular flexibility index (Phi) is 6.52. The molecule has 1 N–H and O–H groups in total. The zero-order valence-electron chi connectivity index (χ0n) is 13.9. The van der Waals surface area contributed by atoms with Gasteiger partial charge < -0.3 is 5.32 Å². The van der Waals surface area contributed by atoms with Crippen molar-refractivity contribution in [3.05, 3.63) is 0 Å². The van der Waals surface area contributed by atoms with Gasteiger partial charge in [-0.05, 0) is 64.8 Å². The highest BCUT2D eigenvalue weighted by atomic mass is 32.2. The Balaban J connectivity index is 2.66. The van der Waals surface area contributed by atoms with E-state index in [9.17, 15) is 8.42 Å². The fourth-order valence-corrected chi connectivity index (χ4v) is 4.42. The molecule has 3 atom stereocenters. The van der Waals surface area contributed by atoms with Gasteiger partial charge in [-0.25, -0.2) is 8.42 Å². The van der Waals surface area contributed by atoms with Gasteiger partial charge in [-0.1, -0.05) is 20.3 Å². The van der Waals surface area contributed by atoms with Gasteiger partial charge in [0, 0.05) is 6.04 Å². The molecule has 120 valence electrons. The second kappa shape index (κ2) is 7.26. The lowest BCUT2D eigenvalue weighted by Crippen LogP contribution is -2.42. The van der Waals surface area contributed by atoms with E-state index in [1.807, 2.05) is 0 Å². The molecule has 1 aliphatic rings. The Morgan fingerprint density at radius 3 is 2.30 bits per heavy atom. The van der Waals surface area contributed by atoms with E-state index < -0.39 is 14.6 Å². The van der Waals surface area contributed by atoms with Gasteiger partial charge in [-0.15, -0.1) is 0 Å². The molecule has 0 aromatic heterocycles. The highest BCUT2D eigenvalue weighted by Gasteiger charge is 2.33. The van der Waals surface area contributed by atoms with E-state index in [1.54, 1.807) is 20.8 Å². The van der Waals surface area contributed by atoms with Gasteiger partial charge in [0.2, 0.25) is 0 Å². The highest BCUT2D eigenvalue weighted by molar-refractivity contribution is 7.92. The van der Waals surface area contributed by atoms with Gasteiger partial charge in [0.25, 0.3) is 0 Å². The van der Waals surface area contributed by atoms with Crippen LogP contribution in [0.4, 0.5) is 0 Å². The van der Waals surface area contributed by atoms with Crippen molar-refractivity contribution in [1.29, 1.82) is 0 Å². The summed E-state index contributed by atoms with van der Waals surface area (Å²) in [6.07, 6.45) is 5.71. The van der Waals surface area contributed by atoms with Gasteiger partial charge in [0.15, 0.2) is 9.84 Å². The molecule has 0 amide bonds. The van der Waals surface area contributed by atoms with Crippen LogP contribution in [0.5, 0.6) is 0 Å². The number of hydrogen-bond donors (Lipinski definition) is 1. The predicted octanol–water partition coefficient (Wildman–Crippen LogP) is 3.39. The van der Waals surface area contributed by atoms with E-state index in [-0.39, 0.29) is 0 Å². The third kappa shape index (κ3) is 4.73. The fourth-order valence-electron chi connectivity index (χ4n) is 3.19.